The maximum absolute atomic E-state index is 13.1. The summed E-state index contributed by atoms with van der Waals surface area (Å²) in [7, 11) is 0. The minimum Gasteiger partial charge on any atom is -0.351 e. The number of carbonyl (C=O) groups is 1. The average Bonchev–Trinajstić information content (AvgIpc) is 3.22. The summed E-state index contributed by atoms with van der Waals surface area (Å²) in [5, 5.41) is 2.97. The van der Waals surface area contributed by atoms with E-state index in [9.17, 15) is 9.18 Å². The minimum absolute atomic E-state index is 0.128. The molecule has 3 rings (SSSR count). The van der Waals surface area contributed by atoms with E-state index in [0.29, 0.717) is 11.0 Å². The van der Waals surface area contributed by atoms with Crippen molar-refractivity contribution in [2.45, 2.75) is 30.6 Å². The van der Waals surface area contributed by atoms with Crippen molar-refractivity contribution in [3.63, 3.8) is 0 Å². The highest BCUT2D eigenvalue weighted by molar-refractivity contribution is 7.80. The molecule has 96 valence electrons. The van der Waals surface area contributed by atoms with Crippen LogP contribution in [-0.2, 0) is 0 Å². The lowest BCUT2D eigenvalue weighted by Crippen LogP contribution is -2.31. The molecule has 1 amide bonds. The molecule has 0 bridgehead atoms. The second-order valence-corrected chi connectivity index (χ2v) is 5.97. The molecule has 2 nitrogen and oxygen atoms in total. The molecule has 2 aliphatic carbocycles. The lowest BCUT2D eigenvalue weighted by molar-refractivity contribution is 0.0942. The van der Waals surface area contributed by atoms with Gasteiger partial charge in [0.05, 0.1) is 0 Å². The lowest BCUT2D eigenvalue weighted by atomic mass is 10.0. The van der Waals surface area contributed by atoms with Crippen LogP contribution in [-0.4, -0.2) is 12.5 Å². The van der Waals surface area contributed by atoms with E-state index < -0.39 is 5.82 Å². The smallest absolute Gasteiger partial charge is 0.251 e. The molecule has 1 N–H and O–H groups in total. The number of nitrogens with one attached hydrogen (secondary N) is 1. The van der Waals surface area contributed by atoms with Crippen LogP contribution >= 0.6 is 12.6 Å². The van der Waals surface area contributed by atoms with Crippen LogP contribution in [0.15, 0.2) is 23.1 Å². The highest BCUT2D eigenvalue weighted by atomic mass is 32.1. The third-order valence-corrected chi connectivity index (χ3v) is 4.49. The van der Waals surface area contributed by atoms with E-state index in [1.54, 1.807) is 0 Å². The van der Waals surface area contributed by atoms with Gasteiger partial charge in [0.1, 0.15) is 5.82 Å². The van der Waals surface area contributed by atoms with Crippen molar-refractivity contribution in [1.29, 1.82) is 0 Å². The van der Waals surface area contributed by atoms with Crippen molar-refractivity contribution in [3.8, 4) is 0 Å². The number of amides is 1. The Kier molecular flexibility index (Phi) is 2.85. The van der Waals surface area contributed by atoms with Crippen LogP contribution in [0.1, 0.15) is 36.0 Å². The van der Waals surface area contributed by atoms with Gasteiger partial charge in [-0.1, -0.05) is 0 Å². The molecule has 2 saturated carbocycles. The van der Waals surface area contributed by atoms with E-state index >= 15 is 0 Å². The maximum Gasteiger partial charge on any atom is 0.251 e. The number of benzene rings is 1. The van der Waals surface area contributed by atoms with Crippen molar-refractivity contribution < 1.29 is 9.18 Å². The zero-order valence-corrected chi connectivity index (χ0v) is 11.0. The molecular weight excluding hydrogens is 249 g/mol. The van der Waals surface area contributed by atoms with Gasteiger partial charge in [-0.2, -0.15) is 0 Å². The Morgan fingerprint density at radius 2 is 2.17 bits per heavy atom. The fourth-order valence-corrected chi connectivity index (χ4v) is 2.81. The Morgan fingerprint density at radius 3 is 2.72 bits per heavy atom. The van der Waals surface area contributed by atoms with Gasteiger partial charge in [-0.05, 0) is 55.2 Å². The molecule has 2 fully saturated rings. The van der Waals surface area contributed by atoms with Crippen molar-refractivity contribution in [2.75, 3.05) is 6.54 Å². The highest BCUT2D eigenvalue weighted by Crippen LogP contribution is 2.60. The van der Waals surface area contributed by atoms with Crippen LogP contribution in [0.3, 0.4) is 0 Å². The second kappa shape index (κ2) is 4.26. The predicted molar refractivity (Wildman–Crippen MR) is 70.4 cm³/mol. The first-order valence-corrected chi connectivity index (χ1v) is 6.82. The van der Waals surface area contributed by atoms with E-state index in [-0.39, 0.29) is 10.8 Å². The molecule has 0 unspecified atom stereocenters. The highest BCUT2D eigenvalue weighted by Gasteiger charge is 2.53. The Morgan fingerprint density at radius 1 is 1.44 bits per heavy atom. The molecule has 1 aromatic rings. The standard InChI is InChI=1S/C14H16FNOS/c15-11-4-1-9(7-12(11)18)13(17)16-8-14(5-6-14)10-2-3-10/h1,4,7,10,18H,2-3,5-6,8H2,(H,16,17). The first-order valence-electron chi connectivity index (χ1n) is 6.37. The van der Waals surface area contributed by atoms with Crippen molar-refractivity contribution in [1.82, 2.24) is 5.32 Å². The monoisotopic (exact) mass is 265 g/mol. The Hall–Kier alpha value is -1.03. The third kappa shape index (κ3) is 2.26. The van der Waals surface area contributed by atoms with E-state index in [4.69, 9.17) is 0 Å². The topological polar surface area (TPSA) is 29.1 Å². The Balaban J connectivity index is 1.62. The molecule has 0 radical (unpaired) electrons. The minimum atomic E-state index is -0.397. The molecule has 0 aliphatic heterocycles. The first kappa shape index (κ1) is 12.0. The molecular formula is C14H16FNOS. The number of halogens is 1. The number of carbonyl (C=O) groups excluding carboxylic acids is 1. The van der Waals surface area contributed by atoms with Crippen LogP contribution in [0.4, 0.5) is 4.39 Å². The summed E-state index contributed by atoms with van der Waals surface area (Å²) >= 11 is 3.99. The average molecular weight is 265 g/mol. The van der Waals surface area contributed by atoms with Gasteiger partial charge in [0.15, 0.2) is 0 Å². The molecule has 0 heterocycles. The molecule has 0 atom stereocenters. The van der Waals surface area contributed by atoms with Crippen molar-refractivity contribution in [3.05, 3.63) is 29.6 Å². The zero-order chi connectivity index (χ0) is 12.8. The van der Waals surface area contributed by atoms with Gasteiger partial charge in [0.2, 0.25) is 0 Å². The maximum atomic E-state index is 13.1. The Bertz CT molecular complexity index is 495. The van der Waals surface area contributed by atoms with Crippen molar-refractivity contribution >= 4 is 18.5 Å². The van der Waals surface area contributed by atoms with E-state index in [1.165, 1.54) is 43.9 Å². The van der Waals surface area contributed by atoms with Crippen LogP contribution in [0.2, 0.25) is 0 Å². The fraction of sp³-hybridized carbons (Fsp3) is 0.500. The summed E-state index contributed by atoms with van der Waals surface area (Å²) in [6.45, 7) is 0.760. The summed E-state index contributed by atoms with van der Waals surface area (Å²) < 4.78 is 13.1. The van der Waals surface area contributed by atoms with Gasteiger partial charge in [-0.15, -0.1) is 12.6 Å². The van der Waals surface area contributed by atoms with Gasteiger partial charge >= 0.3 is 0 Å². The first-order chi connectivity index (χ1) is 8.61. The van der Waals surface area contributed by atoms with Crippen LogP contribution in [0, 0.1) is 17.2 Å². The molecule has 1 aromatic carbocycles. The summed E-state index contributed by atoms with van der Waals surface area (Å²) in [5.41, 5.74) is 0.868. The summed E-state index contributed by atoms with van der Waals surface area (Å²) in [4.78, 5) is 12.2. The SMILES string of the molecule is O=C(NCC1(C2CC2)CC1)c1ccc(F)c(S)c1. The van der Waals surface area contributed by atoms with Gasteiger partial charge in [0, 0.05) is 17.0 Å². The van der Waals surface area contributed by atoms with Crippen LogP contribution in [0.25, 0.3) is 0 Å². The normalized spacial score (nSPS) is 20.6. The largest absolute Gasteiger partial charge is 0.351 e. The van der Waals surface area contributed by atoms with Gasteiger partial charge in [-0.3, -0.25) is 4.79 Å². The van der Waals surface area contributed by atoms with Crippen LogP contribution in [0.5, 0.6) is 0 Å². The van der Waals surface area contributed by atoms with Gasteiger partial charge in [0.25, 0.3) is 5.91 Å². The molecule has 4 heteroatoms. The molecule has 0 aromatic heterocycles. The van der Waals surface area contributed by atoms with E-state index in [1.807, 2.05) is 0 Å². The molecule has 0 spiro atoms. The molecule has 0 saturated heterocycles. The van der Waals surface area contributed by atoms with Crippen LogP contribution < -0.4 is 5.32 Å². The molecule has 18 heavy (non-hydrogen) atoms. The zero-order valence-electron chi connectivity index (χ0n) is 10.1. The van der Waals surface area contributed by atoms with Gasteiger partial charge in [-0.25, -0.2) is 4.39 Å². The predicted octanol–water partition coefficient (Wildman–Crippen LogP) is 3.03. The second-order valence-electron chi connectivity index (χ2n) is 5.49. The third-order valence-electron chi connectivity index (χ3n) is 4.14. The summed E-state index contributed by atoms with van der Waals surface area (Å²) in [6.07, 6.45) is 5.10. The molecule has 2 aliphatic rings. The Labute approximate surface area is 111 Å². The number of hydrogen-bond donors (Lipinski definition) is 2. The van der Waals surface area contributed by atoms with E-state index in [2.05, 4.69) is 17.9 Å². The van der Waals surface area contributed by atoms with Crippen molar-refractivity contribution in [2.24, 2.45) is 11.3 Å². The fourth-order valence-electron chi connectivity index (χ4n) is 2.60. The van der Waals surface area contributed by atoms with E-state index in [0.717, 1.165) is 12.5 Å². The number of rotatable bonds is 4. The number of hydrogen-bond acceptors (Lipinski definition) is 2. The number of thiol groups is 1. The van der Waals surface area contributed by atoms with Gasteiger partial charge < -0.3 is 5.32 Å². The quantitative estimate of drug-likeness (QED) is 0.805. The summed E-state index contributed by atoms with van der Waals surface area (Å²) in [6, 6.07) is 4.26. The lowest BCUT2D eigenvalue weighted by Gasteiger charge is -2.15. The summed E-state index contributed by atoms with van der Waals surface area (Å²) in [5.74, 6) is 0.301.